The minimum Gasteiger partial charge on any atom is -0.457 e. The number of piperidine rings is 1. The Kier molecular flexibility index (Phi) is 7.40. The van der Waals surface area contributed by atoms with Crippen molar-refractivity contribution in [1.29, 1.82) is 0 Å². The summed E-state index contributed by atoms with van der Waals surface area (Å²) in [5.41, 5.74) is 4.02. The van der Waals surface area contributed by atoms with Crippen molar-refractivity contribution in [1.82, 2.24) is 15.2 Å². The van der Waals surface area contributed by atoms with Crippen LogP contribution in [0.4, 0.5) is 21.9 Å². The zero-order chi connectivity index (χ0) is 28.7. The number of hydrogen-bond acceptors (Lipinski definition) is 6. The van der Waals surface area contributed by atoms with Crippen molar-refractivity contribution in [2.24, 2.45) is 0 Å². The first kappa shape index (κ1) is 27.2. The van der Waals surface area contributed by atoms with E-state index in [0.717, 1.165) is 65.3 Å². The first-order valence-corrected chi connectivity index (χ1v) is 15.1. The largest absolute Gasteiger partial charge is 0.457 e. The number of aryl methyl sites for hydroxylation is 1. The fraction of sp³-hybridized carbons (Fsp3) is 0.344. The number of urea groups is 1. The third-order valence-electron chi connectivity index (χ3n) is 7.92. The van der Waals surface area contributed by atoms with E-state index in [2.05, 4.69) is 47.4 Å². The Bertz CT molecular complexity index is 1630. The molecule has 41 heavy (non-hydrogen) atoms. The molecule has 2 aliphatic heterocycles. The van der Waals surface area contributed by atoms with Crippen LogP contribution in [0, 0.1) is 6.92 Å². The van der Waals surface area contributed by atoms with Crippen LogP contribution in [-0.2, 0) is 0 Å². The van der Waals surface area contributed by atoms with Crippen molar-refractivity contribution >= 4 is 50.6 Å². The molecule has 2 aromatic carbocycles. The highest BCUT2D eigenvalue weighted by Gasteiger charge is 2.34. The number of nitrogens with zero attached hydrogens (tertiary/aromatic N) is 3. The van der Waals surface area contributed by atoms with Crippen LogP contribution in [0.3, 0.4) is 0 Å². The number of nitrogens with one attached hydrogen (secondary N) is 2. The number of thiophene rings is 1. The molecule has 4 heterocycles. The van der Waals surface area contributed by atoms with E-state index in [1.54, 1.807) is 11.1 Å². The Hall–Kier alpha value is -3.95. The molecule has 4 aromatic rings. The van der Waals surface area contributed by atoms with Crippen LogP contribution in [0.1, 0.15) is 60.3 Å². The molecule has 3 amide bonds. The number of carbonyl (C=O) groups is 2. The summed E-state index contributed by atoms with van der Waals surface area (Å²) < 4.78 is 6.27. The number of hydrogen-bond donors (Lipinski definition) is 2. The molecular weight excluding hydrogens is 534 g/mol. The Morgan fingerprint density at radius 2 is 2.02 bits per heavy atom. The van der Waals surface area contributed by atoms with Crippen molar-refractivity contribution in [3.8, 4) is 11.5 Å². The zero-order valence-electron chi connectivity index (χ0n) is 23.9. The fourth-order valence-electron chi connectivity index (χ4n) is 5.81. The van der Waals surface area contributed by atoms with Crippen LogP contribution in [0.25, 0.3) is 10.2 Å². The van der Waals surface area contributed by atoms with E-state index in [4.69, 9.17) is 4.74 Å². The second kappa shape index (κ2) is 11.1. The van der Waals surface area contributed by atoms with E-state index in [9.17, 15) is 9.59 Å². The van der Waals surface area contributed by atoms with Crippen LogP contribution >= 0.6 is 11.3 Å². The summed E-state index contributed by atoms with van der Waals surface area (Å²) in [6, 6.07) is 15.4. The monoisotopic (exact) mass is 569 g/mol. The van der Waals surface area contributed by atoms with E-state index in [-0.39, 0.29) is 18.0 Å². The maximum absolute atomic E-state index is 13.6. The first-order valence-electron chi connectivity index (χ1n) is 14.3. The second-order valence-corrected chi connectivity index (χ2v) is 12.0. The number of amides is 3. The van der Waals surface area contributed by atoms with Gasteiger partial charge in [0.2, 0.25) is 0 Å². The zero-order valence-corrected chi connectivity index (χ0v) is 24.7. The molecule has 0 saturated carbocycles. The molecule has 0 aliphatic carbocycles. The number of benzene rings is 2. The molecule has 0 radical (unpaired) electrons. The lowest BCUT2D eigenvalue weighted by Crippen LogP contribution is -2.47. The number of likely N-dealkylation sites (tertiary alicyclic amines) is 1. The van der Waals surface area contributed by atoms with E-state index in [0.29, 0.717) is 27.9 Å². The number of ether oxygens (including phenoxy) is 1. The topological polar surface area (TPSA) is 86.8 Å². The Labute approximate surface area is 244 Å². The van der Waals surface area contributed by atoms with Gasteiger partial charge in [0.05, 0.1) is 22.4 Å². The molecule has 0 bridgehead atoms. The minimum atomic E-state index is -0.311. The highest BCUT2D eigenvalue weighted by atomic mass is 32.1. The van der Waals surface area contributed by atoms with Gasteiger partial charge in [-0.1, -0.05) is 39.0 Å². The molecule has 9 heteroatoms. The number of rotatable bonds is 7. The lowest BCUT2D eigenvalue weighted by atomic mass is 10.0. The van der Waals surface area contributed by atoms with Gasteiger partial charge in [-0.2, -0.15) is 0 Å². The van der Waals surface area contributed by atoms with Gasteiger partial charge in [0.25, 0.3) is 5.91 Å². The van der Waals surface area contributed by atoms with Crippen molar-refractivity contribution in [2.75, 3.05) is 29.9 Å². The van der Waals surface area contributed by atoms with E-state index < -0.39 is 0 Å². The van der Waals surface area contributed by atoms with Gasteiger partial charge in [0.1, 0.15) is 21.2 Å². The lowest BCUT2D eigenvalue weighted by molar-refractivity contribution is 0.0911. The van der Waals surface area contributed by atoms with E-state index in [1.165, 1.54) is 11.3 Å². The molecule has 1 atom stereocenters. The SMILES string of the molecule is CCN1CCC[C@@H](NC(=O)c2sc3nccc4c3c2NC(=O)N4c2ccc(Oc3ccccc3C(C)C)cc2C)C1. The molecule has 212 valence electrons. The van der Waals surface area contributed by atoms with Gasteiger partial charge in [-0.05, 0) is 80.2 Å². The van der Waals surface area contributed by atoms with Gasteiger partial charge in [-0.15, -0.1) is 11.3 Å². The predicted molar refractivity (Wildman–Crippen MR) is 165 cm³/mol. The van der Waals surface area contributed by atoms with Crippen LogP contribution in [0.5, 0.6) is 11.5 Å². The minimum absolute atomic E-state index is 0.0905. The molecule has 6 rings (SSSR count). The summed E-state index contributed by atoms with van der Waals surface area (Å²) in [5.74, 6) is 1.70. The predicted octanol–water partition coefficient (Wildman–Crippen LogP) is 7.42. The van der Waals surface area contributed by atoms with Crippen molar-refractivity contribution in [3.05, 3.63) is 70.7 Å². The van der Waals surface area contributed by atoms with Gasteiger partial charge < -0.3 is 20.3 Å². The van der Waals surface area contributed by atoms with Gasteiger partial charge in [0.15, 0.2) is 0 Å². The number of likely N-dealkylation sites (N-methyl/N-ethyl adjacent to an activating group) is 1. The van der Waals surface area contributed by atoms with Crippen molar-refractivity contribution < 1.29 is 14.3 Å². The molecule has 0 unspecified atom stereocenters. The summed E-state index contributed by atoms with van der Waals surface area (Å²) in [4.78, 5) is 36.8. The van der Waals surface area contributed by atoms with Crippen molar-refractivity contribution in [2.45, 2.75) is 52.5 Å². The summed E-state index contributed by atoms with van der Waals surface area (Å²) in [6.07, 6.45) is 3.71. The lowest BCUT2D eigenvalue weighted by Gasteiger charge is -2.32. The molecule has 8 nitrogen and oxygen atoms in total. The third-order valence-corrected chi connectivity index (χ3v) is 9.01. The molecule has 2 aromatic heterocycles. The molecular formula is C32H35N5O3S. The maximum atomic E-state index is 13.6. The van der Waals surface area contributed by atoms with Gasteiger partial charge >= 0.3 is 6.03 Å². The molecule has 1 fully saturated rings. The van der Waals surface area contributed by atoms with Gasteiger partial charge in [0, 0.05) is 18.8 Å². The van der Waals surface area contributed by atoms with Crippen LogP contribution in [0.15, 0.2) is 54.7 Å². The van der Waals surface area contributed by atoms with E-state index in [1.807, 2.05) is 49.4 Å². The van der Waals surface area contributed by atoms with Crippen LogP contribution in [0.2, 0.25) is 0 Å². The Morgan fingerprint density at radius 3 is 2.80 bits per heavy atom. The highest BCUT2D eigenvalue weighted by Crippen LogP contribution is 2.46. The van der Waals surface area contributed by atoms with Gasteiger partial charge in [-0.3, -0.25) is 9.69 Å². The number of aromatic nitrogens is 1. The quantitative estimate of drug-likeness (QED) is 0.242. The number of para-hydroxylation sites is 1. The Morgan fingerprint density at radius 1 is 1.20 bits per heavy atom. The Balaban J connectivity index is 1.30. The number of carbonyl (C=O) groups excluding carboxylic acids is 2. The maximum Gasteiger partial charge on any atom is 0.331 e. The molecule has 2 aliphatic rings. The van der Waals surface area contributed by atoms with Crippen molar-refractivity contribution in [3.63, 3.8) is 0 Å². The van der Waals surface area contributed by atoms with E-state index >= 15 is 0 Å². The number of anilines is 3. The average Bonchev–Trinajstić information content (AvgIpc) is 3.33. The molecule has 0 spiro atoms. The second-order valence-electron chi connectivity index (χ2n) is 11.0. The normalized spacial score (nSPS) is 17.1. The summed E-state index contributed by atoms with van der Waals surface area (Å²) in [7, 11) is 0. The smallest absolute Gasteiger partial charge is 0.331 e. The summed E-state index contributed by atoms with van der Waals surface area (Å²) in [5, 5.41) is 7.01. The average molecular weight is 570 g/mol. The summed E-state index contributed by atoms with van der Waals surface area (Å²) >= 11 is 1.32. The summed E-state index contributed by atoms with van der Waals surface area (Å²) in [6.45, 7) is 11.3. The fourth-order valence-corrected chi connectivity index (χ4v) is 6.84. The molecule has 1 saturated heterocycles. The highest BCUT2D eigenvalue weighted by molar-refractivity contribution is 7.21. The third kappa shape index (κ3) is 5.15. The van der Waals surface area contributed by atoms with Gasteiger partial charge in [-0.25, -0.2) is 9.78 Å². The first-order chi connectivity index (χ1) is 19.8. The molecule has 2 N–H and O–H groups in total. The van der Waals surface area contributed by atoms with Crippen LogP contribution < -0.4 is 20.3 Å². The number of pyridine rings is 1. The standard InChI is InChI=1S/C32H35N5O3S/c1-5-36-16-8-9-21(18-36)34-30(38)29-28-27-25(14-15-33-31(27)41-29)37(32(39)35-28)24-13-12-22(17-20(24)4)40-26-11-7-6-10-23(26)19(2)3/h6-7,10-15,17,19,21H,5,8-9,16,18H2,1-4H3,(H,34,38)(H,35,39)/t21-/m1/s1. The van der Waals surface area contributed by atoms with Crippen LogP contribution in [-0.4, -0.2) is 47.5 Å².